The van der Waals surface area contributed by atoms with Crippen molar-refractivity contribution in [1.29, 1.82) is 5.41 Å². The largest absolute Gasteiger partial charge is 0.449 e. The molecule has 0 aliphatic heterocycles. The SMILES string of the molecule is I.N=C(N)SCCNC(=O)OCC1c2ccccc2-c2ccccc21. The van der Waals surface area contributed by atoms with Gasteiger partial charge in [0.25, 0.3) is 0 Å². The van der Waals surface area contributed by atoms with Gasteiger partial charge in [-0.3, -0.25) is 5.41 Å². The number of nitrogens with one attached hydrogen (secondary N) is 2. The van der Waals surface area contributed by atoms with Crippen LogP contribution in [0, 0.1) is 5.41 Å². The first-order chi connectivity index (χ1) is 11.7. The lowest BCUT2D eigenvalue weighted by atomic mass is 9.98. The van der Waals surface area contributed by atoms with Gasteiger partial charge in [-0.15, -0.1) is 24.0 Å². The summed E-state index contributed by atoms with van der Waals surface area (Å²) < 4.78 is 5.40. The first-order valence-corrected chi connectivity index (χ1v) is 8.71. The van der Waals surface area contributed by atoms with Gasteiger partial charge in [0.2, 0.25) is 0 Å². The van der Waals surface area contributed by atoms with Gasteiger partial charge in [0.05, 0.1) is 0 Å². The van der Waals surface area contributed by atoms with E-state index in [-0.39, 0.29) is 35.1 Å². The fraction of sp³-hybridized carbons (Fsp3) is 0.222. The molecule has 4 N–H and O–H groups in total. The van der Waals surface area contributed by atoms with E-state index in [1.165, 1.54) is 34.0 Å². The minimum Gasteiger partial charge on any atom is -0.449 e. The van der Waals surface area contributed by atoms with Crippen molar-refractivity contribution in [3.05, 3.63) is 59.7 Å². The van der Waals surface area contributed by atoms with Gasteiger partial charge in [0.1, 0.15) is 6.61 Å². The number of amides is 1. The number of benzene rings is 2. The van der Waals surface area contributed by atoms with Crippen molar-refractivity contribution < 1.29 is 9.53 Å². The summed E-state index contributed by atoms with van der Waals surface area (Å²) in [6.07, 6.45) is -0.444. The van der Waals surface area contributed by atoms with Crippen molar-refractivity contribution in [2.45, 2.75) is 5.92 Å². The minimum absolute atomic E-state index is 0. The zero-order valence-corrected chi connectivity index (χ0v) is 16.7. The normalized spacial score (nSPS) is 11.8. The molecule has 0 saturated carbocycles. The van der Waals surface area contributed by atoms with Crippen molar-refractivity contribution in [1.82, 2.24) is 5.32 Å². The van der Waals surface area contributed by atoms with Crippen LogP contribution < -0.4 is 11.1 Å². The van der Waals surface area contributed by atoms with E-state index in [4.69, 9.17) is 15.9 Å². The average Bonchev–Trinajstić information content (AvgIpc) is 2.91. The molecule has 1 amide bonds. The number of hydrogen-bond acceptors (Lipinski definition) is 4. The fourth-order valence-corrected chi connectivity index (χ4v) is 3.39. The van der Waals surface area contributed by atoms with E-state index in [2.05, 4.69) is 29.6 Å². The molecule has 132 valence electrons. The fourth-order valence-electron chi connectivity index (χ4n) is 2.96. The molecule has 2 aromatic rings. The molecule has 0 fully saturated rings. The van der Waals surface area contributed by atoms with Gasteiger partial charge in [-0.1, -0.05) is 60.3 Å². The molecule has 0 unspecified atom stereocenters. The van der Waals surface area contributed by atoms with Crippen LogP contribution in [0.25, 0.3) is 11.1 Å². The predicted molar refractivity (Wildman–Crippen MR) is 113 cm³/mol. The van der Waals surface area contributed by atoms with E-state index < -0.39 is 6.09 Å². The van der Waals surface area contributed by atoms with E-state index in [0.29, 0.717) is 18.9 Å². The van der Waals surface area contributed by atoms with Gasteiger partial charge in [-0.2, -0.15) is 0 Å². The number of rotatable bonds is 5. The molecule has 0 aromatic heterocycles. The van der Waals surface area contributed by atoms with Crippen molar-refractivity contribution >= 4 is 47.0 Å². The molecule has 7 heteroatoms. The Morgan fingerprint density at radius 3 is 2.24 bits per heavy atom. The second kappa shape index (κ2) is 9.10. The average molecular weight is 469 g/mol. The number of hydrogen-bond donors (Lipinski definition) is 3. The molecule has 3 rings (SSSR count). The first-order valence-electron chi connectivity index (χ1n) is 7.72. The molecule has 1 aliphatic rings. The molecule has 0 bridgehead atoms. The topological polar surface area (TPSA) is 88.2 Å². The van der Waals surface area contributed by atoms with Gasteiger partial charge in [0.15, 0.2) is 5.17 Å². The lowest BCUT2D eigenvalue weighted by molar-refractivity contribution is 0.143. The van der Waals surface area contributed by atoms with Crippen LogP contribution in [-0.2, 0) is 4.74 Å². The highest BCUT2D eigenvalue weighted by Crippen LogP contribution is 2.44. The van der Waals surface area contributed by atoms with Crippen LogP contribution in [0.15, 0.2) is 48.5 Å². The highest BCUT2D eigenvalue weighted by molar-refractivity contribution is 14.0. The van der Waals surface area contributed by atoms with Gasteiger partial charge in [0, 0.05) is 18.2 Å². The highest BCUT2D eigenvalue weighted by atomic mass is 127. The van der Waals surface area contributed by atoms with Gasteiger partial charge in [-0.25, -0.2) is 4.79 Å². The molecule has 25 heavy (non-hydrogen) atoms. The van der Waals surface area contributed by atoms with Crippen LogP contribution in [0.2, 0.25) is 0 Å². The Morgan fingerprint density at radius 2 is 1.68 bits per heavy atom. The van der Waals surface area contributed by atoms with E-state index in [0.717, 1.165) is 0 Å². The van der Waals surface area contributed by atoms with Gasteiger partial charge < -0.3 is 15.8 Å². The summed E-state index contributed by atoms with van der Waals surface area (Å²) in [5.74, 6) is 0.620. The number of nitrogens with two attached hydrogens (primary N) is 1. The quantitative estimate of drug-likeness (QED) is 0.269. The molecule has 0 atom stereocenters. The first kappa shape index (κ1) is 19.6. The van der Waals surface area contributed by atoms with Crippen molar-refractivity contribution in [3.63, 3.8) is 0 Å². The van der Waals surface area contributed by atoms with Crippen molar-refractivity contribution in [3.8, 4) is 11.1 Å². The minimum atomic E-state index is -0.444. The van der Waals surface area contributed by atoms with Crippen LogP contribution in [0.1, 0.15) is 17.0 Å². The standard InChI is InChI=1S/C18H19N3O2S.HI/c19-17(20)24-10-9-21-18(22)23-11-16-14-7-3-1-5-12(14)13-6-2-4-8-15(13)16;/h1-8,16H,9-11H2,(H3,19,20)(H,21,22);1H. The van der Waals surface area contributed by atoms with Crippen molar-refractivity contribution in [2.75, 3.05) is 18.9 Å². The molecule has 2 aromatic carbocycles. The van der Waals surface area contributed by atoms with Crippen LogP contribution in [0.3, 0.4) is 0 Å². The maximum absolute atomic E-state index is 11.8. The third kappa shape index (κ3) is 4.66. The molecule has 0 radical (unpaired) electrons. The number of ether oxygens (including phenoxy) is 1. The zero-order valence-electron chi connectivity index (χ0n) is 13.5. The van der Waals surface area contributed by atoms with Crippen LogP contribution in [-0.4, -0.2) is 30.2 Å². The molecule has 0 spiro atoms. The summed E-state index contributed by atoms with van der Waals surface area (Å²) in [4.78, 5) is 11.8. The summed E-state index contributed by atoms with van der Waals surface area (Å²) in [6, 6.07) is 16.5. The Morgan fingerprint density at radius 1 is 1.12 bits per heavy atom. The molecule has 5 nitrogen and oxygen atoms in total. The third-order valence-electron chi connectivity index (χ3n) is 3.97. The number of fused-ring (bicyclic) bond motifs is 3. The Kier molecular flexibility index (Phi) is 7.12. The number of alkyl carbamates (subject to hydrolysis) is 1. The molecular weight excluding hydrogens is 449 g/mol. The van der Waals surface area contributed by atoms with Crippen LogP contribution >= 0.6 is 35.7 Å². The maximum atomic E-state index is 11.8. The van der Waals surface area contributed by atoms with Gasteiger partial charge in [-0.05, 0) is 22.3 Å². The monoisotopic (exact) mass is 469 g/mol. The number of amidine groups is 1. The summed E-state index contributed by atoms with van der Waals surface area (Å²) in [5.41, 5.74) is 10.0. The van der Waals surface area contributed by atoms with E-state index in [9.17, 15) is 4.79 Å². The second-order valence-electron chi connectivity index (χ2n) is 5.47. The van der Waals surface area contributed by atoms with Crippen LogP contribution in [0.5, 0.6) is 0 Å². The highest BCUT2D eigenvalue weighted by Gasteiger charge is 2.28. The van der Waals surface area contributed by atoms with Crippen LogP contribution in [0.4, 0.5) is 4.79 Å². The summed E-state index contributed by atoms with van der Waals surface area (Å²) in [7, 11) is 0. The smallest absolute Gasteiger partial charge is 0.407 e. The van der Waals surface area contributed by atoms with Crippen molar-refractivity contribution in [2.24, 2.45) is 5.73 Å². The number of carbonyl (C=O) groups is 1. The Hall–Kier alpha value is -1.74. The number of carbonyl (C=O) groups excluding carboxylic acids is 1. The summed E-state index contributed by atoms with van der Waals surface area (Å²) in [6.45, 7) is 0.723. The Bertz CT molecular complexity index is 724. The Labute approximate surface area is 168 Å². The molecule has 1 aliphatic carbocycles. The summed E-state index contributed by atoms with van der Waals surface area (Å²) >= 11 is 1.19. The van der Waals surface area contributed by atoms with E-state index in [1.807, 2.05) is 24.3 Å². The molecular formula is C18H20IN3O2S. The molecule has 0 heterocycles. The lowest BCUT2D eigenvalue weighted by Crippen LogP contribution is -2.28. The molecule has 0 saturated heterocycles. The number of thioether (sulfide) groups is 1. The van der Waals surface area contributed by atoms with Gasteiger partial charge >= 0.3 is 6.09 Å². The zero-order chi connectivity index (χ0) is 16.9. The summed E-state index contributed by atoms with van der Waals surface area (Å²) in [5, 5.41) is 9.83. The van der Waals surface area contributed by atoms with E-state index >= 15 is 0 Å². The Balaban J connectivity index is 0.00000225. The van der Waals surface area contributed by atoms with E-state index in [1.54, 1.807) is 0 Å². The second-order valence-corrected chi connectivity index (χ2v) is 6.60. The third-order valence-corrected chi connectivity index (χ3v) is 4.69. The lowest BCUT2D eigenvalue weighted by Gasteiger charge is -2.14. The maximum Gasteiger partial charge on any atom is 0.407 e. The number of halogens is 1. The predicted octanol–water partition coefficient (Wildman–Crippen LogP) is 3.77.